The average molecular weight is 458 g/mol. The quantitative estimate of drug-likeness (QED) is 0.156. The average Bonchev–Trinajstić information content (AvgIpc) is 3.17. The molecule has 1 aliphatic carbocycles. The second kappa shape index (κ2) is 13.3. The number of carbonyl (C=O) groups excluding carboxylic acids is 1. The van der Waals surface area contributed by atoms with Crippen LogP contribution in [0.15, 0.2) is 29.4 Å². The van der Waals surface area contributed by atoms with Gasteiger partial charge in [0.25, 0.3) is 0 Å². The third-order valence-electron chi connectivity index (χ3n) is 6.17. The smallest absolute Gasteiger partial charge is 0.416 e. The molecule has 1 unspecified atom stereocenters. The molecule has 1 saturated carbocycles. The Kier molecular flexibility index (Phi) is 10.8. The molecule has 1 fully saturated rings. The molecule has 0 amide bonds. The van der Waals surface area contributed by atoms with Crippen molar-refractivity contribution in [1.29, 1.82) is 0 Å². The van der Waals surface area contributed by atoms with Crippen molar-refractivity contribution in [3.05, 3.63) is 29.8 Å². The molecule has 0 bridgehead atoms. The maximum Gasteiger partial charge on any atom is 0.416 e. The minimum Gasteiger partial charge on any atom is -0.494 e. The molecular weight excluding hydrogens is 423 g/mol. The molecule has 8 heteroatoms. The zero-order chi connectivity index (χ0) is 23.4. The molecule has 0 spiro atoms. The Morgan fingerprint density at radius 3 is 2.59 bits per heavy atom. The lowest BCUT2D eigenvalue weighted by atomic mass is 9.86. The fourth-order valence-corrected chi connectivity index (χ4v) is 4.41. The number of unbranched alkanes of at least 4 members (excludes halogenated alkanes) is 4. The Morgan fingerprint density at radius 1 is 1.12 bits per heavy atom. The summed E-state index contributed by atoms with van der Waals surface area (Å²) in [6.45, 7) is 0.352. The first-order valence-electron chi connectivity index (χ1n) is 11.4. The summed E-state index contributed by atoms with van der Waals surface area (Å²) in [5.41, 5.74) is 0.150. The minimum absolute atomic E-state index is 0.165. The van der Waals surface area contributed by atoms with Gasteiger partial charge in [-0.1, -0.05) is 30.5 Å². The zero-order valence-corrected chi connectivity index (χ0v) is 18.7. The van der Waals surface area contributed by atoms with Crippen molar-refractivity contribution in [3.63, 3.8) is 0 Å². The Bertz CT molecular complexity index is 736. The number of alkyl halides is 3. The van der Waals surface area contributed by atoms with E-state index in [1.54, 1.807) is 0 Å². The second-order valence-electron chi connectivity index (χ2n) is 8.40. The molecule has 32 heavy (non-hydrogen) atoms. The van der Waals surface area contributed by atoms with E-state index in [0.29, 0.717) is 18.9 Å². The van der Waals surface area contributed by atoms with Gasteiger partial charge >= 0.3 is 12.1 Å². The van der Waals surface area contributed by atoms with E-state index in [4.69, 9.17) is 4.74 Å². The molecule has 0 aromatic heterocycles. The zero-order valence-electron chi connectivity index (χ0n) is 18.7. The Hall–Kier alpha value is -2.25. The minimum atomic E-state index is -4.38. The van der Waals surface area contributed by atoms with Crippen LogP contribution in [-0.2, 0) is 15.7 Å². The van der Waals surface area contributed by atoms with Gasteiger partial charge in [0.1, 0.15) is 5.75 Å². The molecule has 2 rings (SSSR count). The van der Waals surface area contributed by atoms with E-state index in [9.17, 15) is 23.2 Å². The van der Waals surface area contributed by atoms with Gasteiger partial charge in [-0.15, -0.1) is 0 Å². The van der Waals surface area contributed by atoms with Gasteiger partial charge in [0.2, 0.25) is 0 Å². The lowest BCUT2D eigenvalue weighted by Crippen LogP contribution is -2.16. The summed E-state index contributed by atoms with van der Waals surface area (Å²) >= 11 is 0. The number of hydrogen-bond acceptors (Lipinski definition) is 5. The monoisotopic (exact) mass is 457 g/mol. The van der Waals surface area contributed by atoms with E-state index < -0.39 is 11.7 Å². The van der Waals surface area contributed by atoms with Crippen LogP contribution in [0.25, 0.3) is 0 Å². The number of ether oxygens (including phenoxy) is 2. The van der Waals surface area contributed by atoms with Crippen LogP contribution in [0, 0.1) is 11.8 Å². The van der Waals surface area contributed by atoms with E-state index >= 15 is 0 Å². The molecule has 1 aromatic rings. The fourth-order valence-electron chi connectivity index (χ4n) is 4.41. The standard InChI is InChI=1S/C24H34F3NO4/c1-31-23(29)13-5-3-2-4-9-18-14-15-22(28-30)21(18)12-6-7-16-32-20-11-8-10-19(17-20)24(25,26)27/h8,10-11,17-18,21,30H,2-7,9,12-16H2,1H3/b28-22-/t18-,21?/m0/s1. The summed E-state index contributed by atoms with van der Waals surface area (Å²) in [4.78, 5) is 11.1. The predicted octanol–water partition coefficient (Wildman–Crippen LogP) is 6.62. The first-order valence-corrected chi connectivity index (χ1v) is 11.4. The largest absolute Gasteiger partial charge is 0.494 e. The molecule has 1 aliphatic rings. The highest BCUT2D eigenvalue weighted by Gasteiger charge is 2.32. The van der Waals surface area contributed by atoms with Crippen LogP contribution >= 0.6 is 0 Å². The van der Waals surface area contributed by atoms with Crippen molar-refractivity contribution >= 4 is 11.7 Å². The third-order valence-corrected chi connectivity index (χ3v) is 6.17. The number of methoxy groups -OCH3 is 1. The van der Waals surface area contributed by atoms with Crippen LogP contribution in [0.1, 0.15) is 76.2 Å². The molecule has 5 nitrogen and oxygen atoms in total. The van der Waals surface area contributed by atoms with Gasteiger partial charge in [-0.3, -0.25) is 4.79 Å². The predicted molar refractivity (Wildman–Crippen MR) is 116 cm³/mol. The normalized spacial score (nSPS) is 19.9. The summed E-state index contributed by atoms with van der Waals surface area (Å²) in [5, 5.41) is 12.9. The van der Waals surface area contributed by atoms with E-state index in [2.05, 4.69) is 9.89 Å². The number of hydrogen-bond donors (Lipinski definition) is 1. The molecule has 180 valence electrons. The van der Waals surface area contributed by atoms with E-state index in [-0.39, 0.29) is 17.6 Å². The van der Waals surface area contributed by atoms with Crippen molar-refractivity contribution in [2.24, 2.45) is 17.0 Å². The molecule has 0 aliphatic heterocycles. The van der Waals surface area contributed by atoms with Crippen LogP contribution in [-0.4, -0.2) is 30.6 Å². The maximum absolute atomic E-state index is 12.8. The highest BCUT2D eigenvalue weighted by Crippen LogP contribution is 2.37. The number of rotatable bonds is 13. The van der Waals surface area contributed by atoms with E-state index in [1.165, 1.54) is 19.2 Å². The highest BCUT2D eigenvalue weighted by atomic mass is 19.4. The SMILES string of the molecule is COC(=O)CCCCCC[C@H]1CC/C(=N/O)C1CCCCOc1cccc(C(F)(F)F)c1. The number of nitrogens with zero attached hydrogens (tertiary/aromatic N) is 1. The summed E-state index contributed by atoms with van der Waals surface area (Å²) in [7, 11) is 1.40. The molecule has 2 atom stereocenters. The van der Waals surface area contributed by atoms with Gasteiger partial charge in [-0.25, -0.2) is 0 Å². The van der Waals surface area contributed by atoms with Crippen LogP contribution in [0.3, 0.4) is 0 Å². The summed E-state index contributed by atoms with van der Waals surface area (Å²) in [5.74, 6) is 0.805. The number of oxime groups is 1. The third kappa shape index (κ3) is 8.71. The van der Waals surface area contributed by atoms with Crippen molar-refractivity contribution in [3.8, 4) is 5.75 Å². The molecule has 0 saturated heterocycles. The van der Waals surface area contributed by atoms with Crippen LogP contribution in [0.4, 0.5) is 13.2 Å². The summed E-state index contributed by atoms with van der Waals surface area (Å²) in [6, 6.07) is 4.93. The Morgan fingerprint density at radius 2 is 1.88 bits per heavy atom. The van der Waals surface area contributed by atoms with Gasteiger partial charge in [0, 0.05) is 12.3 Å². The first kappa shape index (κ1) is 26.0. The Labute approximate surface area is 188 Å². The maximum atomic E-state index is 12.8. The van der Waals surface area contributed by atoms with Gasteiger partial charge in [-0.05, 0) is 69.1 Å². The van der Waals surface area contributed by atoms with Crippen molar-refractivity contribution in [1.82, 2.24) is 0 Å². The second-order valence-corrected chi connectivity index (χ2v) is 8.40. The molecule has 1 N–H and O–H groups in total. The van der Waals surface area contributed by atoms with Crippen molar-refractivity contribution < 1.29 is 32.6 Å². The lowest BCUT2D eigenvalue weighted by molar-refractivity contribution is -0.140. The lowest BCUT2D eigenvalue weighted by Gasteiger charge is -2.19. The molecule has 0 radical (unpaired) electrons. The summed E-state index contributed by atoms with van der Waals surface area (Å²) < 4.78 is 48.5. The molecular formula is C24H34F3NO4. The fraction of sp³-hybridized carbons (Fsp3) is 0.667. The van der Waals surface area contributed by atoms with E-state index in [1.807, 2.05) is 0 Å². The van der Waals surface area contributed by atoms with Crippen molar-refractivity contribution in [2.45, 2.75) is 76.8 Å². The Balaban J connectivity index is 1.68. The van der Waals surface area contributed by atoms with Gasteiger partial charge in [0.15, 0.2) is 0 Å². The van der Waals surface area contributed by atoms with Gasteiger partial charge in [0.05, 0.1) is 25.0 Å². The van der Waals surface area contributed by atoms with Crippen LogP contribution < -0.4 is 4.74 Å². The van der Waals surface area contributed by atoms with Crippen LogP contribution in [0.5, 0.6) is 5.75 Å². The van der Waals surface area contributed by atoms with Crippen LogP contribution in [0.2, 0.25) is 0 Å². The number of carbonyl (C=O) groups is 1. The summed E-state index contributed by atoms with van der Waals surface area (Å²) in [6.07, 6.45) is 5.46. The topological polar surface area (TPSA) is 68.1 Å². The van der Waals surface area contributed by atoms with Gasteiger partial charge < -0.3 is 14.7 Å². The molecule has 0 heterocycles. The number of halogens is 3. The van der Waals surface area contributed by atoms with Crippen molar-refractivity contribution in [2.75, 3.05) is 13.7 Å². The number of benzene rings is 1. The number of esters is 1. The van der Waals surface area contributed by atoms with Gasteiger partial charge in [-0.2, -0.15) is 13.2 Å². The van der Waals surface area contributed by atoms with E-state index in [0.717, 1.165) is 82.1 Å². The first-order chi connectivity index (χ1) is 15.3. The highest BCUT2D eigenvalue weighted by molar-refractivity contribution is 5.88. The molecule has 1 aromatic carbocycles.